The minimum absolute atomic E-state index is 0.215. The summed E-state index contributed by atoms with van der Waals surface area (Å²) in [6, 6.07) is 12.8. The van der Waals surface area contributed by atoms with Gasteiger partial charge in [0, 0.05) is 30.4 Å². The third-order valence-electron chi connectivity index (χ3n) is 6.78. The van der Waals surface area contributed by atoms with Crippen LogP contribution in [0, 0.1) is 0 Å². The maximum absolute atomic E-state index is 12.9. The topological polar surface area (TPSA) is 103 Å². The standard InChI is InChI=1S/C31H36Cl2N4O5S/c1-19(38)25-26(37-16-14-31(5,15-17-37)36-29(39)42-30(2,3)4)35-27(41-18-20-10-12-21(40-6)13-11-20)28(34-25)43-23-9-7-8-22(32)24(23)33/h7-13H,14-18H2,1-6H3,(H,36,39). The second-order valence-corrected chi connectivity index (χ2v) is 13.3. The van der Waals surface area contributed by atoms with E-state index in [9.17, 15) is 9.59 Å². The zero-order valence-electron chi connectivity index (χ0n) is 25.1. The minimum atomic E-state index is -0.593. The Bertz CT molecular complexity index is 1470. The first-order valence-corrected chi connectivity index (χ1v) is 15.4. The fourth-order valence-electron chi connectivity index (χ4n) is 4.44. The Morgan fingerprint density at radius 2 is 1.74 bits per heavy atom. The van der Waals surface area contributed by atoms with Crippen LogP contribution in [0.4, 0.5) is 10.6 Å². The molecule has 0 saturated carbocycles. The van der Waals surface area contributed by atoms with Gasteiger partial charge < -0.3 is 24.4 Å². The number of halogens is 2. The largest absolute Gasteiger partial charge is 0.497 e. The first-order valence-electron chi connectivity index (χ1n) is 13.8. The van der Waals surface area contributed by atoms with Crippen molar-refractivity contribution in [3.05, 3.63) is 63.8 Å². The number of carbonyl (C=O) groups excluding carboxylic acids is 2. The Kier molecular flexibility index (Phi) is 10.4. The number of ketones is 1. The molecule has 1 fully saturated rings. The number of aromatic nitrogens is 2. The van der Waals surface area contributed by atoms with Gasteiger partial charge in [-0.3, -0.25) is 4.79 Å². The van der Waals surface area contributed by atoms with Crippen molar-refractivity contribution in [1.29, 1.82) is 0 Å². The lowest BCUT2D eigenvalue weighted by Crippen LogP contribution is -2.54. The molecule has 2 heterocycles. The van der Waals surface area contributed by atoms with Gasteiger partial charge in [0.15, 0.2) is 16.6 Å². The Balaban J connectivity index is 1.63. The average Bonchev–Trinajstić information content (AvgIpc) is 2.94. The van der Waals surface area contributed by atoms with Crippen LogP contribution in [0.25, 0.3) is 0 Å². The highest BCUT2D eigenvalue weighted by atomic mass is 35.5. The van der Waals surface area contributed by atoms with E-state index in [0.717, 1.165) is 11.3 Å². The van der Waals surface area contributed by atoms with Crippen LogP contribution in [0.15, 0.2) is 52.4 Å². The molecule has 1 aromatic heterocycles. The fourth-order valence-corrected chi connectivity index (χ4v) is 5.80. The highest BCUT2D eigenvalue weighted by Crippen LogP contribution is 2.41. The van der Waals surface area contributed by atoms with Crippen molar-refractivity contribution in [2.45, 2.75) is 75.1 Å². The van der Waals surface area contributed by atoms with Crippen LogP contribution in [0.1, 0.15) is 63.5 Å². The number of rotatable bonds is 9. The van der Waals surface area contributed by atoms with Gasteiger partial charge in [0.1, 0.15) is 23.7 Å². The Morgan fingerprint density at radius 1 is 1.07 bits per heavy atom. The van der Waals surface area contributed by atoms with Crippen molar-refractivity contribution in [2.75, 3.05) is 25.1 Å². The van der Waals surface area contributed by atoms with Gasteiger partial charge in [-0.15, -0.1) is 0 Å². The molecule has 0 atom stereocenters. The molecule has 230 valence electrons. The first kappa shape index (κ1) is 32.7. The van der Waals surface area contributed by atoms with Gasteiger partial charge in [0.25, 0.3) is 0 Å². The van der Waals surface area contributed by atoms with Gasteiger partial charge in [-0.25, -0.2) is 9.78 Å². The molecule has 1 N–H and O–H groups in total. The van der Waals surface area contributed by atoms with E-state index in [2.05, 4.69) is 5.32 Å². The lowest BCUT2D eigenvalue weighted by Gasteiger charge is -2.40. The molecule has 12 heteroatoms. The molecule has 0 aliphatic carbocycles. The molecule has 0 spiro atoms. The van der Waals surface area contributed by atoms with Gasteiger partial charge in [-0.2, -0.15) is 4.98 Å². The molecule has 0 radical (unpaired) electrons. The van der Waals surface area contributed by atoms with Crippen LogP contribution >= 0.6 is 35.0 Å². The number of nitrogens with zero attached hydrogens (tertiary/aromatic N) is 3. The summed E-state index contributed by atoms with van der Waals surface area (Å²) in [5, 5.41) is 4.18. The Morgan fingerprint density at radius 3 is 2.35 bits per heavy atom. The Labute approximate surface area is 266 Å². The van der Waals surface area contributed by atoms with Gasteiger partial charge in [-0.1, -0.05) is 53.2 Å². The maximum atomic E-state index is 12.9. The zero-order chi connectivity index (χ0) is 31.4. The molecule has 1 aliphatic heterocycles. The minimum Gasteiger partial charge on any atom is -0.497 e. The van der Waals surface area contributed by atoms with E-state index < -0.39 is 17.2 Å². The molecular formula is C31H36Cl2N4O5S. The van der Waals surface area contributed by atoms with Crippen molar-refractivity contribution < 1.29 is 23.8 Å². The quantitative estimate of drug-likeness (QED) is 0.235. The Hall–Kier alpha value is -3.21. The molecule has 9 nitrogen and oxygen atoms in total. The van der Waals surface area contributed by atoms with Crippen LogP contribution in [0.3, 0.4) is 0 Å². The van der Waals surface area contributed by atoms with E-state index in [4.69, 9.17) is 47.4 Å². The van der Waals surface area contributed by atoms with Crippen molar-refractivity contribution in [1.82, 2.24) is 15.3 Å². The van der Waals surface area contributed by atoms with Crippen LogP contribution in [-0.4, -0.2) is 53.2 Å². The number of methoxy groups -OCH3 is 1. The third-order valence-corrected chi connectivity index (χ3v) is 8.73. The van der Waals surface area contributed by atoms with Crippen LogP contribution in [-0.2, 0) is 11.3 Å². The normalized spacial score (nSPS) is 14.7. The number of hydrogen-bond acceptors (Lipinski definition) is 9. The summed E-state index contributed by atoms with van der Waals surface area (Å²) in [5.74, 6) is 1.19. The highest BCUT2D eigenvalue weighted by Gasteiger charge is 2.35. The van der Waals surface area contributed by atoms with Gasteiger partial charge in [-0.05, 0) is 70.4 Å². The molecule has 0 bridgehead atoms. The van der Waals surface area contributed by atoms with Crippen LogP contribution in [0.2, 0.25) is 10.0 Å². The number of Topliss-reactive ketones (excluding diaryl/α,β-unsaturated/α-hetero) is 1. The monoisotopic (exact) mass is 646 g/mol. The van der Waals surface area contributed by atoms with Crippen molar-refractivity contribution in [3.63, 3.8) is 0 Å². The lowest BCUT2D eigenvalue weighted by atomic mass is 9.89. The van der Waals surface area contributed by atoms with Crippen molar-refractivity contribution >= 4 is 52.7 Å². The smallest absolute Gasteiger partial charge is 0.408 e. The molecule has 1 amide bonds. The number of anilines is 1. The number of nitrogens with one attached hydrogen (secondary N) is 1. The summed E-state index contributed by atoms with van der Waals surface area (Å²) in [7, 11) is 1.61. The second kappa shape index (κ2) is 13.6. The molecule has 43 heavy (non-hydrogen) atoms. The summed E-state index contributed by atoms with van der Waals surface area (Å²) in [6.07, 6.45) is 0.770. The van der Waals surface area contributed by atoms with E-state index >= 15 is 0 Å². The second-order valence-electron chi connectivity index (χ2n) is 11.5. The summed E-state index contributed by atoms with van der Waals surface area (Å²) < 4.78 is 16.9. The predicted molar refractivity (Wildman–Crippen MR) is 169 cm³/mol. The number of benzene rings is 2. The number of carbonyl (C=O) groups is 2. The van der Waals surface area contributed by atoms with Gasteiger partial charge >= 0.3 is 6.09 Å². The number of ether oxygens (including phenoxy) is 3. The molecule has 1 saturated heterocycles. The van der Waals surface area contributed by atoms with Crippen molar-refractivity contribution in [2.24, 2.45) is 0 Å². The maximum Gasteiger partial charge on any atom is 0.408 e. The summed E-state index contributed by atoms with van der Waals surface area (Å²) in [5.41, 5.74) is 0.0551. The first-order chi connectivity index (χ1) is 20.3. The van der Waals surface area contributed by atoms with Crippen LogP contribution in [0.5, 0.6) is 11.6 Å². The number of alkyl carbamates (subject to hydrolysis) is 1. The summed E-state index contributed by atoms with van der Waals surface area (Å²) in [6.45, 7) is 10.2. The molecular weight excluding hydrogens is 611 g/mol. The van der Waals surface area contributed by atoms with E-state index in [1.807, 2.05) is 62.9 Å². The number of hydrogen-bond donors (Lipinski definition) is 1. The molecule has 4 rings (SSSR count). The van der Waals surface area contributed by atoms with Crippen molar-refractivity contribution in [3.8, 4) is 11.6 Å². The van der Waals surface area contributed by atoms with E-state index in [-0.39, 0.29) is 24.0 Å². The fraction of sp³-hybridized carbons (Fsp3) is 0.419. The summed E-state index contributed by atoms with van der Waals surface area (Å²) in [4.78, 5) is 37.6. The molecule has 3 aromatic rings. The summed E-state index contributed by atoms with van der Waals surface area (Å²) >= 11 is 14.0. The predicted octanol–water partition coefficient (Wildman–Crippen LogP) is 7.61. The van der Waals surface area contributed by atoms with E-state index in [1.54, 1.807) is 19.2 Å². The molecule has 2 aromatic carbocycles. The highest BCUT2D eigenvalue weighted by molar-refractivity contribution is 7.99. The van der Waals surface area contributed by atoms with E-state index in [0.29, 0.717) is 51.7 Å². The molecule has 1 aliphatic rings. The number of piperidine rings is 1. The third kappa shape index (κ3) is 8.68. The number of amides is 1. The average molecular weight is 648 g/mol. The SMILES string of the molecule is COc1ccc(COc2nc(N3CCC(C)(NC(=O)OC(C)(C)C)CC3)c(C(C)=O)nc2Sc2cccc(Cl)c2Cl)cc1. The van der Waals surface area contributed by atoms with Gasteiger partial charge in [0.2, 0.25) is 5.88 Å². The van der Waals surface area contributed by atoms with Gasteiger partial charge in [0.05, 0.1) is 17.2 Å². The van der Waals surface area contributed by atoms with Crippen LogP contribution < -0.4 is 19.7 Å². The lowest BCUT2D eigenvalue weighted by molar-refractivity contribution is 0.0448. The zero-order valence-corrected chi connectivity index (χ0v) is 27.5. The molecule has 0 unspecified atom stereocenters. The van der Waals surface area contributed by atoms with E-state index in [1.165, 1.54) is 18.7 Å².